The van der Waals surface area contributed by atoms with E-state index in [0.717, 1.165) is 5.69 Å². The van der Waals surface area contributed by atoms with Crippen molar-refractivity contribution in [2.45, 2.75) is 32.8 Å². The fourth-order valence-corrected chi connectivity index (χ4v) is 4.24. The molecule has 0 bridgehead atoms. The maximum Gasteiger partial charge on any atom is 0.407 e. The fraction of sp³-hybridized carbons (Fsp3) is 0.346. The number of nitrogens with one attached hydrogen (secondary N) is 4. The van der Waals surface area contributed by atoms with Gasteiger partial charge in [-0.1, -0.05) is 17.7 Å². The number of alkyl carbamates (subject to hydrolysis) is 1. The van der Waals surface area contributed by atoms with Crippen LogP contribution in [0.25, 0.3) is 11.3 Å². The second kappa shape index (κ2) is 11.0. The number of ether oxygens (including phenoxy) is 3. The first-order valence-corrected chi connectivity index (χ1v) is 12.2. The summed E-state index contributed by atoms with van der Waals surface area (Å²) < 4.78 is 16.7. The molecule has 4 N–H and O–H groups in total. The summed E-state index contributed by atoms with van der Waals surface area (Å²) in [6.45, 7) is 6.34. The SMILES string of the molecule is COc1c(Cl)cccc1Nc1c(-c2ccncc2OCCNC(=O)OC(C)(C)C)[nH]c2c1C(=O)NCC2. The van der Waals surface area contributed by atoms with Gasteiger partial charge in [-0.2, -0.15) is 0 Å². The predicted octanol–water partition coefficient (Wildman–Crippen LogP) is 4.67. The van der Waals surface area contributed by atoms with Gasteiger partial charge < -0.3 is 35.1 Å². The Labute approximate surface area is 220 Å². The Balaban J connectivity index is 1.64. The molecule has 37 heavy (non-hydrogen) atoms. The Morgan fingerprint density at radius 1 is 1.24 bits per heavy atom. The molecule has 0 radical (unpaired) electrons. The summed E-state index contributed by atoms with van der Waals surface area (Å²) in [6, 6.07) is 7.14. The first-order chi connectivity index (χ1) is 17.7. The number of anilines is 2. The van der Waals surface area contributed by atoms with E-state index in [1.807, 2.05) is 6.07 Å². The van der Waals surface area contributed by atoms with E-state index in [1.54, 1.807) is 51.4 Å². The minimum atomic E-state index is -0.588. The third-order valence-electron chi connectivity index (χ3n) is 5.48. The number of methoxy groups -OCH3 is 1. The molecule has 0 saturated carbocycles. The third kappa shape index (κ3) is 6.08. The zero-order valence-corrected chi connectivity index (χ0v) is 21.9. The predicted molar refractivity (Wildman–Crippen MR) is 141 cm³/mol. The van der Waals surface area contributed by atoms with Crippen LogP contribution in [0.2, 0.25) is 5.02 Å². The van der Waals surface area contributed by atoms with Crippen molar-refractivity contribution in [1.29, 1.82) is 0 Å². The summed E-state index contributed by atoms with van der Waals surface area (Å²) in [6.07, 6.45) is 3.35. The van der Waals surface area contributed by atoms with Crippen molar-refractivity contribution in [3.05, 3.63) is 52.9 Å². The van der Waals surface area contributed by atoms with Crippen LogP contribution in [0.5, 0.6) is 11.5 Å². The van der Waals surface area contributed by atoms with Crippen LogP contribution in [0.4, 0.5) is 16.2 Å². The molecule has 0 aliphatic carbocycles. The molecule has 0 atom stereocenters. The van der Waals surface area contributed by atoms with Crippen molar-refractivity contribution >= 4 is 35.0 Å². The number of para-hydroxylation sites is 1. The zero-order chi connectivity index (χ0) is 26.6. The molecule has 0 spiro atoms. The van der Waals surface area contributed by atoms with E-state index >= 15 is 0 Å². The molecule has 1 aliphatic heterocycles. The topological polar surface area (TPSA) is 127 Å². The Morgan fingerprint density at radius 2 is 2.05 bits per heavy atom. The largest absolute Gasteiger partial charge is 0.493 e. The second-order valence-electron chi connectivity index (χ2n) is 9.33. The molecule has 0 fully saturated rings. The minimum Gasteiger partial charge on any atom is -0.493 e. The average molecular weight is 528 g/mol. The highest BCUT2D eigenvalue weighted by Crippen LogP contribution is 2.42. The molecule has 2 amide bonds. The number of fused-ring (bicyclic) bond motifs is 1. The Bertz CT molecular complexity index is 1300. The molecule has 4 rings (SSSR count). The van der Waals surface area contributed by atoms with E-state index < -0.39 is 11.7 Å². The first kappa shape index (κ1) is 26.2. The summed E-state index contributed by atoms with van der Waals surface area (Å²) in [4.78, 5) is 32.4. The number of aromatic nitrogens is 2. The quantitative estimate of drug-likeness (QED) is 0.313. The van der Waals surface area contributed by atoms with E-state index in [9.17, 15) is 9.59 Å². The summed E-state index contributed by atoms with van der Waals surface area (Å²) >= 11 is 6.33. The molecule has 11 heteroatoms. The van der Waals surface area contributed by atoms with Crippen LogP contribution in [0.1, 0.15) is 36.8 Å². The Morgan fingerprint density at radius 3 is 2.81 bits per heavy atom. The summed E-state index contributed by atoms with van der Waals surface area (Å²) in [5, 5.41) is 9.36. The van der Waals surface area contributed by atoms with E-state index in [-0.39, 0.29) is 19.1 Å². The number of hydrogen-bond acceptors (Lipinski definition) is 7. The van der Waals surface area contributed by atoms with Crippen LogP contribution >= 0.6 is 11.6 Å². The molecule has 0 unspecified atom stereocenters. The van der Waals surface area contributed by atoms with Crippen molar-refractivity contribution in [1.82, 2.24) is 20.6 Å². The van der Waals surface area contributed by atoms with E-state index in [4.69, 9.17) is 25.8 Å². The van der Waals surface area contributed by atoms with Gasteiger partial charge >= 0.3 is 6.09 Å². The molecule has 10 nitrogen and oxygen atoms in total. The molecule has 196 valence electrons. The Hall–Kier alpha value is -3.92. The summed E-state index contributed by atoms with van der Waals surface area (Å²) in [5.74, 6) is 0.750. The maximum absolute atomic E-state index is 12.9. The zero-order valence-electron chi connectivity index (χ0n) is 21.2. The number of benzene rings is 1. The van der Waals surface area contributed by atoms with Gasteiger partial charge in [0, 0.05) is 30.4 Å². The van der Waals surface area contributed by atoms with Crippen molar-refractivity contribution < 1.29 is 23.8 Å². The fourth-order valence-electron chi connectivity index (χ4n) is 3.99. The lowest BCUT2D eigenvalue weighted by atomic mass is 10.0. The van der Waals surface area contributed by atoms with Crippen LogP contribution in [-0.2, 0) is 11.2 Å². The molecule has 1 aliphatic rings. The van der Waals surface area contributed by atoms with Crippen molar-refractivity contribution in [2.75, 3.05) is 32.1 Å². The van der Waals surface area contributed by atoms with Crippen LogP contribution in [-0.4, -0.2) is 54.4 Å². The van der Waals surface area contributed by atoms with Crippen molar-refractivity contribution in [3.63, 3.8) is 0 Å². The number of rotatable bonds is 8. The lowest BCUT2D eigenvalue weighted by molar-refractivity contribution is 0.0520. The molecule has 3 heterocycles. The average Bonchev–Trinajstić information content (AvgIpc) is 3.20. The molecular formula is C26H30ClN5O5. The standard InChI is InChI=1S/C26H30ClN5O5/c1-26(2,3)37-25(34)30-12-13-36-19-14-28-10-8-15(19)21-22(20-17(31-21)9-11-29-24(20)33)32-18-7-5-6-16(27)23(18)35-4/h5-8,10,14,31-32H,9,11-13H2,1-4H3,(H,29,33)(H,30,34). The van der Waals surface area contributed by atoms with Gasteiger partial charge in [-0.15, -0.1) is 0 Å². The van der Waals surface area contributed by atoms with Gasteiger partial charge in [0.2, 0.25) is 0 Å². The third-order valence-corrected chi connectivity index (χ3v) is 5.78. The minimum absolute atomic E-state index is 0.184. The Kier molecular flexibility index (Phi) is 7.77. The molecule has 2 aromatic heterocycles. The molecule has 0 saturated heterocycles. The van der Waals surface area contributed by atoms with Gasteiger partial charge in [0.15, 0.2) is 5.75 Å². The van der Waals surface area contributed by atoms with Gasteiger partial charge in [-0.3, -0.25) is 9.78 Å². The number of aromatic amines is 1. The maximum atomic E-state index is 12.9. The second-order valence-corrected chi connectivity index (χ2v) is 9.74. The lowest BCUT2D eigenvalue weighted by Gasteiger charge is -2.20. The molecule has 1 aromatic carbocycles. The molecule has 3 aromatic rings. The van der Waals surface area contributed by atoms with Crippen LogP contribution in [0, 0.1) is 0 Å². The van der Waals surface area contributed by atoms with E-state index in [0.29, 0.717) is 57.7 Å². The van der Waals surface area contributed by atoms with Crippen molar-refractivity contribution in [3.8, 4) is 22.8 Å². The van der Waals surface area contributed by atoms with E-state index in [2.05, 4.69) is 25.9 Å². The number of nitrogens with zero attached hydrogens (tertiary/aromatic N) is 1. The summed E-state index contributed by atoms with van der Waals surface area (Å²) in [7, 11) is 1.53. The highest BCUT2D eigenvalue weighted by atomic mass is 35.5. The number of carbonyl (C=O) groups is 2. The lowest BCUT2D eigenvalue weighted by Crippen LogP contribution is -2.34. The van der Waals surface area contributed by atoms with Gasteiger partial charge in [-0.05, 0) is 39.0 Å². The van der Waals surface area contributed by atoms with Crippen LogP contribution in [0.3, 0.4) is 0 Å². The van der Waals surface area contributed by atoms with Crippen LogP contribution < -0.4 is 25.4 Å². The van der Waals surface area contributed by atoms with E-state index in [1.165, 1.54) is 7.11 Å². The van der Waals surface area contributed by atoms with Gasteiger partial charge in [-0.25, -0.2) is 4.79 Å². The number of hydrogen-bond donors (Lipinski definition) is 4. The monoisotopic (exact) mass is 527 g/mol. The number of halogens is 1. The highest BCUT2D eigenvalue weighted by molar-refractivity contribution is 6.32. The number of H-pyrrole nitrogens is 1. The van der Waals surface area contributed by atoms with Gasteiger partial charge in [0.1, 0.15) is 18.0 Å². The highest BCUT2D eigenvalue weighted by Gasteiger charge is 2.29. The number of amides is 2. The summed E-state index contributed by atoms with van der Waals surface area (Å²) in [5.41, 5.74) is 3.24. The first-order valence-electron chi connectivity index (χ1n) is 11.8. The van der Waals surface area contributed by atoms with Crippen LogP contribution in [0.15, 0.2) is 36.7 Å². The smallest absolute Gasteiger partial charge is 0.407 e. The van der Waals surface area contributed by atoms with Crippen molar-refractivity contribution in [2.24, 2.45) is 0 Å². The number of carbonyl (C=O) groups excluding carboxylic acids is 2. The number of pyridine rings is 1. The van der Waals surface area contributed by atoms with Gasteiger partial charge in [0.25, 0.3) is 5.91 Å². The normalized spacial score (nSPS) is 12.8. The molecular weight excluding hydrogens is 498 g/mol. The van der Waals surface area contributed by atoms with Gasteiger partial charge in [0.05, 0.1) is 47.5 Å².